The summed E-state index contributed by atoms with van der Waals surface area (Å²) in [6.45, 7) is 10.6. The molecule has 0 aromatic rings. The molecule has 3 atom stereocenters. The van der Waals surface area contributed by atoms with Crippen LogP contribution in [0, 0.1) is 11.3 Å². The van der Waals surface area contributed by atoms with E-state index in [0.29, 0.717) is 11.5 Å². The van der Waals surface area contributed by atoms with Gasteiger partial charge in [-0.25, -0.2) is 0 Å². The molecule has 0 aliphatic heterocycles. The molecule has 19 heavy (non-hydrogen) atoms. The Morgan fingerprint density at radius 3 is 2.26 bits per heavy atom. The molecule has 1 N–H and O–H groups in total. The van der Waals surface area contributed by atoms with Crippen molar-refractivity contribution in [3.05, 3.63) is 0 Å². The smallest absolute Gasteiger partial charge is 0.0555 e. The van der Waals surface area contributed by atoms with Crippen LogP contribution in [-0.4, -0.2) is 34.7 Å². The van der Waals surface area contributed by atoms with Crippen molar-refractivity contribution in [1.29, 1.82) is 0 Å². The highest BCUT2D eigenvalue weighted by Crippen LogP contribution is 2.44. The molecule has 0 amide bonds. The summed E-state index contributed by atoms with van der Waals surface area (Å²) in [6, 6.07) is 1.41. The number of rotatable bonds is 5. The quantitative estimate of drug-likeness (QED) is 0.818. The minimum atomic E-state index is -0.0666. The summed E-state index contributed by atoms with van der Waals surface area (Å²) in [4.78, 5) is 2.73. The lowest BCUT2D eigenvalue weighted by Gasteiger charge is -2.51. The Labute approximate surface area is 119 Å². The largest absolute Gasteiger partial charge is 0.393 e. The van der Waals surface area contributed by atoms with E-state index in [-0.39, 0.29) is 6.10 Å². The summed E-state index contributed by atoms with van der Waals surface area (Å²) in [6.07, 6.45) is 8.54. The fourth-order valence-corrected chi connectivity index (χ4v) is 4.15. The number of hydrogen-bond donors (Lipinski definition) is 1. The summed E-state index contributed by atoms with van der Waals surface area (Å²) in [5.41, 5.74) is 0.405. The van der Waals surface area contributed by atoms with Gasteiger partial charge in [-0.3, -0.25) is 4.90 Å². The van der Waals surface area contributed by atoms with Crippen LogP contribution < -0.4 is 0 Å². The molecule has 0 radical (unpaired) electrons. The van der Waals surface area contributed by atoms with Crippen molar-refractivity contribution in [2.75, 3.05) is 6.54 Å². The average molecular weight is 267 g/mol. The molecule has 2 heteroatoms. The Hall–Kier alpha value is -0.0800. The van der Waals surface area contributed by atoms with E-state index >= 15 is 0 Å². The van der Waals surface area contributed by atoms with Gasteiger partial charge in [-0.15, -0.1) is 0 Å². The van der Waals surface area contributed by atoms with Crippen LogP contribution in [0.5, 0.6) is 0 Å². The maximum Gasteiger partial charge on any atom is 0.0555 e. The van der Waals surface area contributed by atoms with Gasteiger partial charge in [0.05, 0.1) is 6.10 Å². The molecular formula is C17H33NO. The zero-order valence-corrected chi connectivity index (χ0v) is 13.4. The first-order valence-electron chi connectivity index (χ1n) is 8.43. The molecule has 2 aliphatic rings. The van der Waals surface area contributed by atoms with E-state index in [1.807, 2.05) is 0 Å². The van der Waals surface area contributed by atoms with Gasteiger partial charge < -0.3 is 5.11 Å². The van der Waals surface area contributed by atoms with Crippen LogP contribution in [0.4, 0.5) is 0 Å². The zero-order valence-electron chi connectivity index (χ0n) is 13.4. The molecule has 2 nitrogen and oxygen atoms in total. The average Bonchev–Trinajstić information content (AvgIpc) is 2.33. The molecule has 0 heterocycles. The summed E-state index contributed by atoms with van der Waals surface area (Å²) in [7, 11) is 0. The van der Waals surface area contributed by atoms with Crippen LogP contribution in [-0.2, 0) is 0 Å². The second-order valence-corrected chi connectivity index (χ2v) is 7.40. The van der Waals surface area contributed by atoms with Crippen molar-refractivity contribution in [3.63, 3.8) is 0 Å². The van der Waals surface area contributed by atoms with Gasteiger partial charge in [-0.2, -0.15) is 0 Å². The predicted octanol–water partition coefficient (Wildman–Crippen LogP) is 3.83. The lowest BCUT2D eigenvalue weighted by atomic mass is 9.65. The first kappa shape index (κ1) is 15.3. The number of nitrogens with zero attached hydrogens (tertiary/aromatic N) is 1. The van der Waals surface area contributed by atoms with Crippen molar-refractivity contribution in [3.8, 4) is 0 Å². The van der Waals surface area contributed by atoms with Crippen LogP contribution in [0.2, 0.25) is 0 Å². The van der Waals surface area contributed by atoms with E-state index < -0.39 is 0 Å². The van der Waals surface area contributed by atoms with Gasteiger partial charge in [-0.05, 0) is 50.0 Å². The van der Waals surface area contributed by atoms with Crippen LogP contribution in [0.1, 0.15) is 72.6 Å². The first-order chi connectivity index (χ1) is 8.99. The molecule has 2 rings (SSSR count). The second kappa shape index (κ2) is 6.13. The Morgan fingerprint density at radius 2 is 1.79 bits per heavy atom. The van der Waals surface area contributed by atoms with Gasteiger partial charge in [0.2, 0.25) is 0 Å². The highest BCUT2D eigenvalue weighted by Gasteiger charge is 2.43. The predicted molar refractivity (Wildman–Crippen MR) is 81.2 cm³/mol. The normalized spacial score (nSPS) is 33.5. The van der Waals surface area contributed by atoms with E-state index in [9.17, 15) is 5.11 Å². The minimum absolute atomic E-state index is 0.0666. The summed E-state index contributed by atoms with van der Waals surface area (Å²) in [5, 5.41) is 10.1. The van der Waals surface area contributed by atoms with Crippen LogP contribution >= 0.6 is 0 Å². The summed E-state index contributed by atoms with van der Waals surface area (Å²) < 4.78 is 0. The third-order valence-electron chi connectivity index (χ3n) is 6.04. The molecule has 0 aromatic heterocycles. The molecule has 2 aliphatic carbocycles. The topological polar surface area (TPSA) is 23.5 Å². The van der Waals surface area contributed by atoms with E-state index in [4.69, 9.17) is 0 Å². The Morgan fingerprint density at radius 1 is 1.11 bits per heavy atom. The van der Waals surface area contributed by atoms with E-state index in [0.717, 1.165) is 31.3 Å². The number of aliphatic hydroxyl groups excluding tert-OH is 1. The van der Waals surface area contributed by atoms with Crippen molar-refractivity contribution in [2.24, 2.45) is 11.3 Å². The molecule has 2 saturated carbocycles. The molecule has 112 valence electrons. The lowest BCUT2D eigenvalue weighted by molar-refractivity contribution is -0.0451. The van der Waals surface area contributed by atoms with Gasteiger partial charge in [-0.1, -0.05) is 40.5 Å². The molecular weight excluding hydrogens is 234 g/mol. The molecule has 0 saturated heterocycles. The van der Waals surface area contributed by atoms with Crippen LogP contribution in [0.15, 0.2) is 0 Å². The Bertz CT molecular complexity index is 285. The fraction of sp³-hybridized carbons (Fsp3) is 1.00. The molecule has 0 aromatic carbocycles. The van der Waals surface area contributed by atoms with Crippen molar-refractivity contribution < 1.29 is 5.11 Å². The summed E-state index contributed by atoms with van der Waals surface area (Å²) >= 11 is 0. The molecule has 3 unspecified atom stereocenters. The maximum absolute atomic E-state index is 10.1. The van der Waals surface area contributed by atoms with E-state index in [2.05, 4.69) is 32.6 Å². The standard InChI is InChI=1S/C17H33NO/c1-5-17(3,4)15-11-10-14(19)12-16(15)18(6-2)13-8-7-9-13/h13-16,19H,5-12H2,1-4H3. The van der Waals surface area contributed by atoms with Crippen LogP contribution in [0.25, 0.3) is 0 Å². The van der Waals surface area contributed by atoms with Crippen molar-refractivity contribution >= 4 is 0 Å². The minimum Gasteiger partial charge on any atom is -0.393 e. The third-order valence-corrected chi connectivity index (χ3v) is 6.04. The van der Waals surface area contributed by atoms with Gasteiger partial charge in [0, 0.05) is 12.1 Å². The Kier molecular flexibility index (Phi) is 4.94. The zero-order chi connectivity index (χ0) is 14.0. The lowest BCUT2D eigenvalue weighted by Crippen LogP contribution is -2.55. The van der Waals surface area contributed by atoms with E-state index in [1.165, 1.54) is 32.1 Å². The van der Waals surface area contributed by atoms with Gasteiger partial charge in [0.15, 0.2) is 0 Å². The van der Waals surface area contributed by atoms with Gasteiger partial charge in [0.25, 0.3) is 0 Å². The monoisotopic (exact) mass is 267 g/mol. The summed E-state index contributed by atoms with van der Waals surface area (Å²) in [5.74, 6) is 0.751. The van der Waals surface area contributed by atoms with Gasteiger partial charge >= 0.3 is 0 Å². The second-order valence-electron chi connectivity index (χ2n) is 7.40. The number of aliphatic hydroxyl groups is 1. The molecule has 2 fully saturated rings. The first-order valence-corrected chi connectivity index (χ1v) is 8.43. The highest BCUT2D eigenvalue weighted by molar-refractivity contribution is 4.96. The van der Waals surface area contributed by atoms with Gasteiger partial charge in [0.1, 0.15) is 0 Å². The Balaban J connectivity index is 2.15. The highest BCUT2D eigenvalue weighted by atomic mass is 16.3. The van der Waals surface area contributed by atoms with E-state index in [1.54, 1.807) is 0 Å². The molecule has 0 bridgehead atoms. The van der Waals surface area contributed by atoms with Crippen LogP contribution in [0.3, 0.4) is 0 Å². The maximum atomic E-state index is 10.1. The molecule has 0 spiro atoms. The number of hydrogen-bond acceptors (Lipinski definition) is 2. The van der Waals surface area contributed by atoms with Crippen molar-refractivity contribution in [1.82, 2.24) is 4.90 Å². The fourth-order valence-electron chi connectivity index (χ4n) is 4.15. The SMILES string of the molecule is CCN(C1CCC1)C1CC(O)CCC1C(C)(C)CC. The third kappa shape index (κ3) is 3.16. The van der Waals surface area contributed by atoms with Crippen molar-refractivity contribution in [2.45, 2.75) is 90.8 Å².